The highest BCUT2D eigenvalue weighted by Gasteiger charge is 2.43. The Bertz CT molecular complexity index is 1410. The van der Waals surface area contributed by atoms with Crippen LogP contribution in [-0.2, 0) is 33.6 Å². The Labute approximate surface area is 329 Å². The van der Waals surface area contributed by atoms with Crippen molar-refractivity contribution >= 4 is 41.4 Å². The summed E-state index contributed by atoms with van der Waals surface area (Å²) in [6.07, 6.45) is -3.28. The lowest BCUT2D eigenvalue weighted by atomic mass is 9.76. The third-order valence-electron chi connectivity index (χ3n) is 9.33. The molecule has 0 aliphatic heterocycles. The number of halogens is 3. The molecule has 1 saturated carbocycles. The van der Waals surface area contributed by atoms with E-state index in [-0.39, 0.29) is 49.1 Å². The van der Waals surface area contributed by atoms with E-state index in [4.69, 9.17) is 0 Å². The molecule has 2 atom stereocenters. The van der Waals surface area contributed by atoms with Crippen LogP contribution in [0.3, 0.4) is 0 Å². The molecule has 18 heteroatoms. The Kier molecular flexibility index (Phi) is 18.3. The van der Waals surface area contributed by atoms with Crippen molar-refractivity contribution in [3.63, 3.8) is 0 Å². The molecule has 0 radical (unpaired) electrons. The van der Waals surface area contributed by atoms with Gasteiger partial charge in [0.25, 0.3) is 0 Å². The van der Waals surface area contributed by atoms with Crippen LogP contribution in [0.1, 0.15) is 121 Å². The maximum atomic E-state index is 13.7. The van der Waals surface area contributed by atoms with Crippen LogP contribution in [0.4, 0.5) is 13.2 Å². The average molecular weight is 805 g/mol. The van der Waals surface area contributed by atoms with Gasteiger partial charge < -0.3 is 42.1 Å². The molecule has 0 saturated heterocycles. The number of nitrogens with zero attached hydrogens (tertiary/aromatic N) is 1. The van der Waals surface area contributed by atoms with Crippen LogP contribution in [0.5, 0.6) is 0 Å². The topological polar surface area (TPSA) is 207 Å². The summed E-state index contributed by atoms with van der Waals surface area (Å²) in [6.45, 7) is 16.0. The summed E-state index contributed by atoms with van der Waals surface area (Å²) < 4.78 is 41.2. The summed E-state index contributed by atoms with van der Waals surface area (Å²) in [5.74, 6) is -5.35. The number of alkyl halides is 3. The average Bonchev–Trinajstić information content (AvgIpc) is 3.00. The molecular formula is C38H67F3N8O7. The second-order valence-corrected chi connectivity index (χ2v) is 17.8. The zero-order chi connectivity index (χ0) is 43.4. The number of hydrogen-bond donors (Lipinski definition) is 7. The number of amides is 7. The van der Waals surface area contributed by atoms with E-state index in [9.17, 15) is 46.7 Å². The summed E-state index contributed by atoms with van der Waals surface area (Å²) >= 11 is 0. The van der Waals surface area contributed by atoms with Gasteiger partial charge in [0.2, 0.25) is 41.4 Å². The Morgan fingerprint density at radius 2 is 1.21 bits per heavy atom. The van der Waals surface area contributed by atoms with E-state index < -0.39 is 76.7 Å². The molecule has 1 aliphatic carbocycles. The molecule has 0 aromatic carbocycles. The molecule has 7 N–H and O–H groups in total. The maximum absolute atomic E-state index is 13.7. The second-order valence-electron chi connectivity index (χ2n) is 17.8. The van der Waals surface area contributed by atoms with Crippen LogP contribution < -0.4 is 37.2 Å². The van der Waals surface area contributed by atoms with E-state index in [0.717, 1.165) is 19.3 Å². The molecular weight excluding hydrogens is 737 g/mol. The van der Waals surface area contributed by atoms with E-state index in [2.05, 4.69) is 37.2 Å². The Balaban J connectivity index is 2.99. The SMILES string of the molecule is CC(C)CCC(=O)NC(C)(C)C(=O)N[C@@H](CC(C)C)C(=O)N[C@@H](CC(F)(F)F)C(=O)NC(C)(C)C(=O)NC(C)(C)C(=O)NCCC(=O)NC1(CN(C)C)CCC1. The second kappa shape index (κ2) is 20.5. The maximum Gasteiger partial charge on any atom is 0.391 e. The van der Waals surface area contributed by atoms with Crippen molar-refractivity contribution in [2.75, 3.05) is 27.2 Å². The van der Waals surface area contributed by atoms with Gasteiger partial charge in [0.1, 0.15) is 28.7 Å². The molecule has 1 fully saturated rings. The number of hydrogen-bond acceptors (Lipinski definition) is 8. The molecule has 0 unspecified atom stereocenters. The lowest BCUT2D eigenvalue weighted by Crippen LogP contribution is -2.65. The first-order chi connectivity index (χ1) is 25.4. The molecule has 15 nitrogen and oxygen atoms in total. The minimum Gasteiger partial charge on any atom is -0.354 e. The van der Waals surface area contributed by atoms with Crippen LogP contribution in [-0.4, -0.2) is 114 Å². The van der Waals surface area contributed by atoms with Gasteiger partial charge >= 0.3 is 6.18 Å². The fraction of sp³-hybridized carbons (Fsp3) is 0.816. The van der Waals surface area contributed by atoms with E-state index >= 15 is 0 Å². The lowest BCUT2D eigenvalue weighted by Gasteiger charge is -2.44. The summed E-state index contributed by atoms with van der Waals surface area (Å²) in [7, 11) is 3.84. The van der Waals surface area contributed by atoms with Crippen LogP contribution in [0.25, 0.3) is 0 Å². The predicted molar refractivity (Wildman–Crippen MR) is 206 cm³/mol. The smallest absolute Gasteiger partial charge is 0.354 e. The van der Waals surface area contributed by atoms with Gasteiger partial charge in [0.05, 0.1) is 12.0 Å². The summed E-state index contributed by atoms with van der Waals surface area (Å²) in [5, 5.41) is 17.6. The number of rotatable bonds is 22. The van der Waals surface area contributed by atoms with Gasteiger partial charge in [-0.25, -0.2) is 0 Å². The number of likely N-dealkylation sites (N-methyl/N-ethyl adjacent to an activating group) is 1. The van der Waals surface area contributed by atoms with Gasteiger partial charge in [-0.2, -0.15) is 13.2 Å². The highest BCUT2D eigenvalue weighted by atomic mass is 19.4. The van der Waals surface area contributed by atoms with Gasteiger partial charge in [0.15, 0.2) is 0 Å². The van der Waals surface area contributed by atoms with E-state index in [1.807, 2.05) is 32.8 Å². The van der Waals surface area contributed by atoms with E-state index in [0.29, 0.717) is 13.0 Å². The zero-order valence-corrected chi connectivity index (χ0v) is 35.3. The Morgan fingerprint density at radius 3 is 1.70 bits per heavy atom. The third-order valence-corrected chi connectivity index (χ3v) is 9.33. The molecule has 7 amide bonds. The van der Waals surface area contributed by atoms with Crippen molar-refractivity contribution in [2.45, 2.75) is 161 Å². The van der Waals surface area contributed by atoms with Crippen molar-refractivity contribution in [2.24, 2.45) is 11.8 Å². The molecule has 322 valence electrons. The van der Waals surface area contributed by atoms with E-state index in [1.165, 1.54) is 41.5 Å². The standard InChI is InChI=1S/C38H67F3N8O7/c1-23(2)14-15-27(50)45-35(7,8)32(55)44-25(20-24(3)4)29(52)43-26(21-38(39,40)41)30(53)47-36(9,10)33(56)48-34(5,6)31(54)42-19-16-28(51)46-37(17-13-18-37)22-49(11)12/h23-26H,13-22H2,1-12H3,(H,42,54)(H,43,52)(H,44,55)(H,45,50)(H,46,51)(H,47,53)(H,48,56)/t25-,26-/m0/s1. The molecule has 1 rings (SSSR count). The van der Waals surface area contributed by atoms with Crippen LogP contribution in [0.15, 0.2) is 0 Å². The first-order valence-corrected chi connectivity index (χ1v) is 19.3. The largest absolute Gasteiger partial charge is 0.391 e. The summed E-state index contributed by atoms with van der Waals surface area (Å²) in [5.41, 5.74) is -5.23. The van der Waals surface area contributed by atoms with Gasteiger partial charge in [-0.1, -0.05) is 27.7 Å². The quantitative estimate of drug-likeness (QED) is 0.0862. The lowest BCUT2D eigenvalue weighted by molar-refractivity contribution is -0.153. The first kappa shape index (κ1) is 50.1. The zero-order valence-electron chi connectivity index (χ0n) is 35.3. The van der Waals surface area contributed by atoms with Gasteiger partial charge in [-0.3, -0.25) is 33.6 Å². The van der Waals surface area contributed by atoms with Crippen molar-refractivity contribution < 1.29 is 46.7 Å². The fourth-order valence-corrected chi connectivity index (χ4v) is 5.99. The monoisotopic (exact) mass is 805 g/mol. The van der Waals surface area contributed by atoms with Crippen molar-refractivity contribution in [3.05, 3.63) is 0 Å². The predicted octanol–water partition coefficient (Wildman–Crippen LogP) is 2.18. The van der Waals surface area contributed by atoms with Gasteiger partial charge in [-0.05, 0) is 99.6 Å². The molecule has 0 aromatic rings. The molecule has 0 spiro atoms. The third kappa shape index (κ3) is 17.5. The highest BCUT2D eigenvalue weighted by molar-refractivity contribution is 5.99. The Morgan fingerprint density at radius 1 is 0.661 bits per heavy atom. The van der Waals surface area contributed by atoms with E-state index in [1.54, 1.807) is 13.8 Å². The van der Waals surface area contributed by atoms with Gasteiger partial charge in [-0.15, -0.1) is 0 Å². The summed E-state index contributed by atoms with van der Waals surface area (Å²) in [4.78, 5) is 93.5. The number of nitrogens with one attached hydrogen (secondary N) is 7. The molecule has 56 heavy (non-hydrogen) atoms. The normalized spacial score (nSPS) is 15.6. The summed E-state index contributed by atoms with van der Waals surface area (Å²) in [6, 6.07) is -3.58. The molecule has 0 aromatic heterocycles. The van der Waals surface area contributed by atoms with Crippen molar-refractivity contribution in [1.29, 1.82) is 0 Å². The van der Waals surface area contributed by atoms with Crippen LogP contribution in [0.2, 0.25) is 0 Å². The fourth-order valence-electron chi connectivity index (χ4n) is 5.99. The number of carbonyl (C=O) groups excluding carboxylic acids is 7. The van der Waals surface area contributed by atoms with Gasteiger partial charge in [0, 0.05) is 25.9 Å². The Hall–Kier alpha value is -3.96. The van der Waals surface area contributed by atoms with Crippen molar-refractivity contribution in [1.82, 2.24) is 42.1 Å². The molecule has 0 bridgehead atoms. The molecule has 0 heterocycles. The number of carbonyl (C=O) groups is 7. The minimum atomic E-state index is -4.93. The highest BCUT2D eigenvalue weighted by Crippen LogP contribution is 2.32. The van der Waals surface area contributed by atoms with Crippen LogP contribution in [0, 0.1) is 11.8 Å². The first-order valence-electron chi connectivity index (χ1n) is 19.3. The minimum absolute atomic E-state index is 0.00667. The molecule has 1 aliphatic rings. The van der Waals surface area contributed by atoms with Crippen LogP contribution >= 0.6 is 0 Å². The van der Waals surface area contributed by atoms with Crippen molar-refractivity contribution in [3.8, 4) is 0 Å².